The standard InChI is InChI=1S/C11H8N2O2S2/c1-6-9(10(14)15)13-7(5-17-11(13)12-6)8-3-2-4-16-8/h2-5H,1H3,(H,14,15). The fraction of sp³-hybridized carbons (Fsp3) is 0.0909. The van der Waals surface area contributed by atoms with Gasteiger partial charge in [-0.05, 0) is 18.4 Å². The number of aromatic nitrogens is 2. The third-order valence-corrected chi connectivity index (χ3v) is 4.23. The van der Waals surface area contributed by atoms with Crippen LogP contribution in [-0.2, 0) is 0 Å². The van der Waals surface area contributed by atoms with Crippen LogP contribution in [0, 0.1) is 6.92 Å². The van der Waals surface area contributed by atoms with Gasteiger partial charge in [-0.15, -0.1) is 22.7 Å². The minimum Gasteiger partial charge on any atom is -0.477 e. The number of rotatable bonds is 2. The third-order valence-electron chi connectivity index (χ3n) is 2.51. The van der Waals surface area contributed by atoms with Crippen LogP contribution in [0.25, 0.3) is 15.5 Å². The number of carboxylic acids is 1. The molecule has 6 heteroatoms. The normalized spacial score (nSPS) is 11.1. The SMILES string of the molecule is Cc1nc2scc(-c3cccs3)n2c1C(=O)O. The maximum atomic E-state index is 11.3. The highest BCUT2D eigenvalue weighted by molar-refractivity contribution is 7.17. The van der Waals surface area contributed by atoms with Crippen molar-refractivity contribution in [2.24, 2.45) is 0 Å². The van der Waals surface area contributed by atoms with Gasteiger partial charge in [-0.3, -0.25) is 4.40 Å². The second-order valence-corrected chi connectivity index (χ2v) is 5.35. The lowest BCUT2D eigenvalue weighted by Crippen LogP contribution is -2.03. The molecule has 4 nitrogen and oxygen atoms in total. The molecule has 0 aliphatic heterocycles. The van der Waals surface area contributed by atoms with Gasteiger partial charge in [0.05, 0.1) is 16.3 Å². The van der Waals surface area contributed by atoms with Crippen molar-refractivity contribution in [3.63, 3.8) is 0 Å². The lowest BCUT2D eigenvalue weighted by atomic mass is 10.3. The topological polar surface area (TPSA) is 54.6 Å². The van der Waals surface area contributed by atoms with Gasteiger partial charge in [0.2, 0.25) is 0 Å². The number of hydrogen-bond acceptors (Lipinski definition) is 4. The van der Waals surface area contributed by atoms with Crippen molar-refractivity contribution >= 4 is 33.6 Å². The molecule has 3 heterocycles. The van der Waals surface area contributed by atoms with Crippen molar-refractivity contribution in [1.82, 2.24) is 9.38 Å². The van der Waals surface area contributed by atoms with Crippen molar-refractivity contribution in [2.75, 3.05) is 0 Å². The molecule has 0 radical (unpaired) electrons. The highest BCUT2D eigenvalue weighted by Gasteiger charge is 2.20. The summed E-state index contributed by atoms with van der Waals surface area (Å²) in [5, 5.41) is 13.2. The second kappa shape index (κ2) is 3.68. The van der Waals surface area contributed by atoms with E-state index in [0.717, 1.165) is 15.5 Å². The Bertz CT molecular complexity index is 695. The molecule has 86 valence electrons. The van der Waals surface area contributed by atoms with E-state index in [1.54, 1.807) is 22.7 Å². The molecule has 0 spiro atoms. The predicted octanol–water partition coefficient (Wildman–Crippen LogP) is 3.13. The fourth-order valence-corrected chi connectivity index (χ4v) is 3.55. The van der Waals surface area contributed by atoms with Crippen molar-refractivity contribution in [3.8, 4) is 10.6 Å². The summed E-state index contributed by atoms with van der Waals surface area (Å²) in [4.78, 5) is 17.3. The number of carboxylic acid groups (broad SMARTS) is 1. The Kier molecular flexibility index (Phi) is 2.27. The van der Waals surface area contributed by atoms with E-state index in [1.807, 2.05) is 22.9 Å². The molecule has 0 aromatic carbocycles. The fourth-order valence-electron chi connectivity index (χ4n) is 1.81. The molecule has 0 saturated heterocycles. The van der Waals surface area contributed by atoms with E-state index in [0.29, 0.717) is 5.69 Å². The highest BCUT2D eigenvalue weighted by Crippen LogP contribution is 2.31. The Morgan fingerprint density at radius 1 is 1.47 bits per heavy atom. The average Bonchev–Trinajstić information content (AvgIpc) is 2.90. The molecule has 0 saturated carbocycles. The smallest absolute Gasteiger partial charge is 0.354 e. The van der Waals surface area contributed by atoms with E-state index < -0.39 is 5.97 Å². The molecule has 17 heavy (non-hydrogen) atoms. The summed E-state index contributed by atoms with van der Waals surface area (Å²) >= 11 is 3.05. The van der Waals surface area contributed by atoms with E-state index in [-0.39, 0.29) is 5.69 Å². The van der Waals surface area contributed by atoms with E-state index in [4.69, 9.17) is 0 Å². The number of thiophene rings is 1. The summed E-state index contributed by atoms with van der Waals surface area (Å²) in [5.74, 6) is -0.939. The maximum absolute atomic E-state index is 11.3. The minimum absolute atomic E-state index is 0.254. The zero-order valence-corrected chi connectivity index (χ0v) is 10.5. The third kappa shape index (κ3) is 1.49. The van der Waals surface area contributed by atoms with Crippen molar-refractivity contribution in [3.05, 3.63) is 34.3 Å². The van der Waals surface area contributed by atoms with Gasteiger partial charge in [0.1, 0.15) is 0 Å². The van der Waals surface area contributed by atoms with Gasteiger partial charge in [0, 0.05) is 5.38 Å². The van der Waals surface area contributed by atoms with Crippen molar-refractivity contribution in [2.45, 2.75) is 6.92 Å². The van der Waals surface area contributed by atoms with Gasteiger partial charge in [-0.1, -0.05) is 6.07 Å². The Morgan fingerprint density at radius 2 is 2.29 bits per heavy atom. The summed E-state index contributed by atoms with van der Waals surface area (Å²) in [7, 11) is 0. The Hall–Kier alpha value is -1.66. The number of carbonyl (C=O) groups is 1. The molecule has 0 atom stereocenters. The Morgan fingerprint density at radius 3 is 2.94 bits per heavy atom. The van der Waals surface area contributed by atoms with Crippen LogP contribution in [0.2, 0.25) is 0 Å². The molecule has 1 N–H and O–H groups in total. The number of fused-ring (bicyclic) bond motifs is 1. The van der Waals surface area contributed by atoms with Gasteiger partial charge >= 0.3 is 5.97 Å². The first kappa shape index (κ1) is 10.5. The van der Waals surface area contributed by atoms with E-state index in [2.05, 4.69) is 4.98 Å². The van der Waals surface area contributed by atoms with Crippen LogP contribution in [0.5, 0.6) is 0 Å². The molecule has 0 bridgehead atoms. The molecule has 0 amide bonds. The summed E-state index contributed by atoms with van der Waals surface area (Å²) in [6.07, 6.45) is 0. The largest absolute Gasteiger partial charge is 0.477 e. The number of aromatic carboxylic acids is 1. The summed E-state index contributed by atoms with van der Waals surface area (Å²) in [5.41, 5.74) is 1.71. The van der Waals surface area contributed by atoms with Gasteiger partial charge in [-0.25, -0.2) is 9.78 Å². The number of imidazole rings is 1. The van der Waals surface area contributed by atoms with Crippen LogP contribution >= 0.6 is 22.7 Å². The number of thiazole rings is 1. The van der Waals surface area contributed by atoms with Crippen LogP contribution in [0.15, 0.2) is 22.9 Å². The highest BCUT2D eigenvalue weighted by atomic mass is 32.1. The van der Waals surface area contributed by atoms with E-state index >= 15 is 0 Å². The zero-order valence-electron chi connectivity index (χ0n) is 8.88. The summed E-state index contributed by atoms with van der Waals surface area (Å²) < 4.78 is 1.72. The minimum atomic E-state index is -0.939. The molecule has 0 aliphatic rings. The lowest BCUT2D eigenvalue weighted by molar-refractivity contribution is 0.0688. The first-order chi connectivity index (χ1) is 8.18. The van der Waals surface area contributed by atoms with Crippen LogP contribution in [0.4, 0.5) is 0 Å². The number of aryl methyl sites for hydroxylation is 1. The first-order valence-corrected chi connectivity index (χ1v) is 6.68. The summed E-state index contributed by atoms with van der Waals surface area (Å²) in [6.45, 7) is 1.72. The van der Waals surface area contributed by atoms with Gasteiger partial charge < -0.3 is 5.11 Å². The van der Waals surface area contributed by atoms with Crippen LogP contribution in [-0.4, -0.2) is 20.5 Å². The lowest BCUT2D eigenvalue weighted by Gasteiger charge is -1.98. The number of hydrogen-bond donors (Lipinski definition) is 1. The second-order valence-electron chi connectivity index (χ2n) is 3.57. The predicted molar refractivity (Wildman–Crippen MR) is 68.1 cm³/mol. The molecule has 0 aliphatic carbocycles. The van der Waals surface area contributed by atoms with Gasteiger partial charge in [0.25, 0.3) is 0 Å². The van der Waals surface area contributed by atoms with Crippen LogP contribution in [0.3, 0.4) is 0 Å². The number of nitrogens with zero attached hydrogens (tertiary/aromatic N) is 2. The van der Waals surface area contributed by atoms with Crippen LogP contribution < -0.4 is 0 Å². The maximum Gasteiger partial charge on any atom is 0.354 e. The Labute approximate surface area is 105 Å². The zero-order chi connectivity index (χ0) is 12.0. The molecular weight excluding hydrogens is 256 g/mol. The van der Waals surface area contributed by atoms with E-state index in [1.165, 1.54) is 11.3 Å². The van der Waals surface area contributed by atoms with Crippen molar-refractivity contribution in [1.29, 1.82) is 0 Å². The molecule has 0 unspecified atom stereocenters. The van der Waals surface area contributed by atoms with Gasteiger partial charge in [0.15, 0.2) is 10.7 Å². The quantitative estimate of drug-likeness (QED) is 0.773. The molecule has 3 rings (SSSR count). The molecule has 0 fully saturated rings. The Balaban J connectivity index is 2.37. The van der Waals surface area contributed by atoms with Gasteiger partial charge in [-0.2, -0.15) is 0 Å². The molecular formula is C11H8N2O2S2. The summed E-state index contributed by atoms with van der Waals surface area (Å²) in [6, 6.07) is 3.93. The first-order valence-electron chi connectivity index (χ1n) is 4.92. The monoisotopic (exact) mass is 264 g/mol. The van der Waals surface area contributed by atoms with E-state index in [9.17, 15) is 9.90 Å². The molecule has 3 aromatic heterocycles. The average molecular weight is 264 g/mol. The van der Waals surface area contributed by atoms with Crippen molar-refractivity contribution < 1.29 is 9.90 Å². The van der Waals surface area contributed by atoms with Crippen LogP contribution in [0.1, 0.15) is 16.2 Å². The molecule has 3 aromatic rings.